The summed E-state index contributed by atoms with van der Waals surface area (Å²) in [6.07, 6.45) is 7.16. The minimum atomic E-state index is -1.17. The molecule has 3 N–H and O–H groups in total. The maximum absolute atomic E-state index is 9.62. The zero-order valence-electron chi connectivity index (χ0n) is 12.0. The fourth-order valence-electron chi connectivity index (χ4n) is 1.39. The molecule has 3 nitrogen and oxygen atoms in total. The maximum Gasteiger partial charge on any atom is 0.145 e. The van der Waals surface area contributed by atoms with Crippen LogP contribution in [-0.2, 0) is 0 Å². The van der Waals surface area contributed by atoms with Crippen LogP contribution in [0.4, 0.5) is 0 Å². The van der Waals surface area contributed by atoms with Gasteiger partial charge in [0.1, 0.15) is 18.3 Å². The second-order valence-corrected chi connectivity index (χ2v) is 4.43. The molecule has 0 aromatic carbocycles. The van der Waals surface area contributed by atoms with Gasteiger partial charge in [0, 0.05) is 0 Å². The fourth-order valence-corrected chi connectivity index (χ4v) is 1.39. The van der Waals surface area contributed by atoms with Crippen LogP contribution >= 0.6 is 0 Å². The summed E-state index contributed by atoms with van der Waals surface area (Å²) in [5.41, 5.74) is 0. The van der Waals surface area contributed by atoms with Crippen LogP contribution in [0.3, 0.4) is 0 Å². The lowest BCUT2D eigenvalue weighted by atomic mass is 10.1. The molecule has 0 heterocycles. The van der Waals surface area contributed by atoms with Crippen LogP contribution in [0.5, 0.6) is 0 Å². The molecule has 0 bridgehead atoms. The average Bonchev–Trinajstić information content (AvgIpc) is 2.46. The van der Waals surface area contributed by atoms with Crippen molar-refractivity contribution in [2.75, 3.05) is 0 Å². The summed E-state index contributed by atoms with van der Waals surface area (Å²) in [5.74, 6) is 9.58. The van der Waals surface area contributed by atoms with Crippen molar-refractivity contribution in [3.8, 4) is 23.7 Å². The van der Waals surface area contributed by atoms with E-state index in [1.54, 1.807) is 6.08 Å². The number of aliphatic hydroxyl groups is 3. The van der Waals surface area contributed by atoms with E-state index in [0.717, 1.165) is 12.8 Å². The normalized spacial score (nSPS) is 14.6. The van der Waals surface area contributed by atoms with Crippen LogP contribution in [0.25, 0.3) is 0 Å². The van der Waals surface area contributed by atoms with E-state index < -0.39 is 18.3 Å². The molecule has 0 radical (unpaired) electrons. The Balaban J connectivity index is 4.04. The molecule has 0 unspecified atom stereocenters. The molecule has 0 spiro atoms. The van der Waals surface area contributed by atoms with Crippen molar-refractivity contribution in [3.63, 3.8) is 0 Å². The van der Waals surface area contributed by atoms with Gasteiger partial charge in [0.2, 0.25) is 0 Å². The van der Waals surface area contributed by atoms with Gasteiger partial charge in [0.25, 0.3) is 0 Å². The van der Waals surface area contributed by atoms with Crippen molar-refractivity contribution in [3.05, 3.63) is 24.8 Å². The predicted molar refractivity (Wildman–Crippen MR) is 81.7 cm³/mol. The first-order chi connectivity index (χ1) is 9.61. The van der Waals surface area contributed by atoms with Gasteiger partial charge in [-0.1, -0.05) is 62.8 Å². The van der Waals surface area contributed by atoms with E-state index in [1.165, 1.54) is 25.3 Å². The third-order valence-electron chi connectivity index (χ3n) is 2.61. The summed E-state index contributed by atoms with van der Waals surface area (Å²) in [7, 11) is 0. The number of hydrogen-bond donors (Lipinski definition) is 3. The Morgan fingerprint density at radius 1 is 1.05 bits per heavy atom. The van der Waals surface area contributed by atoms with Gasteiger partial charge in [-0.05, 0) is 24.7 Å². The predicted octanol–water partition coefficient (Wildman–Crippen LogP) is 1.79. The van der Waals surface area contributed by atoms with Crippen LogP contribution in [0.2, 0.25) is 0 Å². The van der Waals surface area contributed by atoms with Crippen LogP contribution in [0.1, 0.15) is 39.0 Å². The quantitative estimate of drug-likeness (QED) is 0.360. The van der Waals surface area contributed by atoms with Gasteiger partial charge in [-0.15, -0.1) is 0 Å². The number of allylic oxidation sites excluding steroid dienone is 1. The molecule has 3 atom stereocenters. The van der Waals surface area contributed by atoms with Crippen molar-refractivity contribution >= 4 is 0 Å². The van der Waals surface area contributed by atoms with E-state index in [2.05, 4.69) is 37.2 Å². The van der Waals surface area contributed by atoms with Crippen molar-refractivity contribution < 1.29 is 15.3 Å². The second-order valence-electron chi connectivity index (χ2n) is 4.43. The minimum absolute atomic E-state index is 0.891. The van der Waals surface area contributed by atoms with E-state index in [-0.39, 0.29) is 0 Å². The highest BCUT2D eigenvalue weighted by Gasteiger charge is 2.08. The molecule has 0 aliphatic heterocycles. The highest BCUT2D eigenvalue weighted by atomic mass is 16.3. The molecule has 3 heteroatoms. The summed E-state index contributed by atoms with van der Waals surface area (Å²) < 4.78 is 0. The molecular weight excluding hydrogens is 252 g/mol. The van der Waals surface area contributed by atoms with Crippen molar-refractivity contribution in [2.24, 2.45) is 0 Å². The molecule has 0 fully saturated rings. The van der Waals surface area contributed by atoms with Crippen LogP contribution in [-0.4, -0.2) is 33.6 Å². The lowest BCUT2D eigenvalue weighted by Gasteiger charge is -2.06. The molecule has 110 valence electrons. The highest BCUT2D eigenvalue weighted by molar-refractivity contribution is 5.30. The molecule has 0 aromatic heterocycles. The fraction of sp³-hybridized carbons (Fsp3) is 0.529. The third kappa shape index (κ3) is 10.4. The van der Waals surface area contributed by atoms with E-state index in [1.807, 2.05) is 6.08 Å². The monoisotopic (exact) mass is 276 g/mol. The first-order valence-electron chi connectivity index (χ1n) is 6.96. The molecule has 0 aliphatic rings. The molecule has 0 rings (SSSR count). The Hall–Kier alpha value is -1.52. The van der Waals surface area contributed by atoms with Gasteiger partial charge in [-0.2, -0.15) is 0 Å². The lowest BCUT2D eigenvalue weighted by molar-refractivity contribution is 0.0868. The Bertz CT molecular complexity index is 403. The van der Waals surface area contributed by atoms with Crippen LogP contribution in [0.15, 0.2) is 24.8 Å². The second kappa shape index (κ2) is 12.5. The van der Waals surface area contributed by atoms with E-state index in [9.17, 15) is 10.2 Å². The molecule has 0 aromatic rings. The summed E-state index contributed by atoms with van der Waals surface area (Å²) in [5, 5.41) is 28.2. The minimum Gasteiger partial charge on any atom is -0.385 e. The molecular formula is C17H24O3. The van der Waals surface area contributed by atoms with Gasteiger partial charge in [-0.25, -0.2) is 0 Å². The van der Waals surface area contributed by atoms with Gasteiger partial charge in [0.05, 0.1) is 0 Å². The SMILES string of the molecule is C=C[C@H](O)C#CC#C[C@H](O)[C@@H](O)/C=C/CCCCCC. The summed E-state index contributed by atoms with van der Waals surface area (Å²) in [6.45, 7) is 5.52. The first-order valence-corrected chi connectivity index (χ1v) is 6.96. The smallest absolute Gasteiger partial charge is 0.145 e. The third-order valence-corrected chi connectivity index (χ3v) is 2.61. The standard InChI is InChI=1S/C17H24O3/c1-3-5-6-7-8-9-13-16(19)17(20)14-11-10-12-15(18)4-2/h4,9,13,15-20H,2-3,5-8H2,1H3/b13-9+/t15-,16-,17-/m0/s1. The van der Waals surface area contributed by atoms with Crippen molar-refractivity contribution in [1.82, 2.24) is 0 Å². The van der Waals surface area contributed by atoms with E-state index >= 15 is 0 Å². The largest absolute Gasteiger partial charge is 0.385 e. The summed E-state index contributed by atoms with van der Waals surface area (Å²) in [4.78, 5) is 0. The van der Waals surface area contributed by atoms with Crippen LogP contribution in [0, 0.1) is 23.7 Å². The summed E-state index contributed by atoms with van der Waals surface area (Å²) in [6, 6.07) is 0. The van der Waals surface area contributed by atoms with Crippen LogP contribution < -0.4 is 0 Å². The van der Waals surface area contributed by atoms with Gasteiger partial charge >= 0.3 is 0 Å². The molecule has 0 amide bonds. The van der Waals surface area contributed by atoms with Crippen molar-refractivity contribution in [1.29, 1.82) is 0 Å². The first kappa shape index (κ1) is 18.5. The number of unbranched alkanes of at least 4 members (excludes halogenated alkanes) is 4. The van der Waals surface area contributed by atoms with E-state index in [4.69, 9.17) is 5.11 Å². The Kier molecular flexibility index (Phi) is 11.6. The zero-order chi connectivity index (χ0) is 15.2. The Labute approximate surface area is 122 Å². The number of hydrogen-bond acceptors (Lipinski definition) is 3. The average molecular weight is 276 g/mol. The zero-order valence-corrected chi connectivity index (χ0v) is 12.0. The Morgan fingerprint density at radius 3 is 2.40 bits per heavy atom. The Morgan fingerprint density at radius 2 is 1.75 bits per heavy atom. The highest BCUT2D eigenvalue weighted by Crippen LogP contribution is 2.04. The van der Waals surface area contributed by atoms with Gasteiger partial charge in [0.15, 0.2) is 0 Å². The van der Waals surface area contributed by atoms with Gasteiger partial charge in [-0.3, -0.25) is 0 Å². The van der Waals surface area contributed by atoms with Gasteiger partial charge < -0.3 is 15.3 Å². The molecule has 20 heavy (non-hydrogen) atoms. The molecule has 0 saturated heterocycles. The maximum atomic E-state index is 9.62. The molecule has 0 saturated carbocycles. The van der Waals surface area contributed by atoms with E-state index in [0.29, 0.717) is 0 Å². The molecule has 0 aliphatic carbocycles. The topological polar surface area (TPSA) is 60.7 Å². The number of aliphatic hydroxyl groups excluding tert-OH is 3. The number of rotatable bonds is 8. The van der Waals surface area contributed by atoms with Crippen molar-refractivity contribution in [2.45, 2.75) is 57.3 Å². The lowest BCUT2D eigenvalue weighted by Crippen LogP contribution is -2.21. The summed E-state index contributed by atoms with van der Waals surface area (Å²) >= 11 is 0.